The molecule has 1 fully saturated rings. The highest BCUT2D eigenvalue weighted by atomic mass is 35.5. The Balaban J connectivity index is 0.00000338. The molecule has 9 heteroatoms. The number of piperidine rings is 1. The molecule has 0 radical (unpaired) electrons. The molecule has 1 amide bonds. The molecule has 1 aliphatic rings. The molecule has 7 nitrogen and oxygen atoms in total. The Bertz CT molecular complexity index is 704. The van der Waals surface area contributed by atoms with Crippen LogP contribution in [-0.2, 0) is 10.0 Å². The number of nitrogens with zero attached hydrogens (tertiary/aromatic N) is 1. The van der Waals surface area contributed by atoms with E-state index in [9.17, 15) is 13.2 Å². The van der Waals surface area contributed by atoms with Gasteiger partial charge in [0.2, 0.25) is 10.0 Å². The first-order chi connectivity index (χ1) is 11.9. The third-order valence-corrected chi connectivity index (χ3v) is 6.26. The molecule has 1 saturated heterocycles. The first kappa shape index (κ1) is 22.7. The van der Waals surface area contributed by atoms with Crippen LogP contribution in [0.2, 0.25) is 0 Å². The molecule has 2 N–H and O–H groups in total. The Morgan fingerprint density at radius 3 is 2.69 bits per heavy atom. The van der Waals surface area contributed by atoms with E-state index < -0.39 is 10.0 Å². The van der Waals surface area contributed by atoms with Crippen LogP contribution < -0.4 is 15.4 Å². The molecule has 0 spiro atoms. The number of carbonyl (C=O) groups excluding carboxylic acids is 1. The summed E-state index contributed by atoms with van der Waals surface area (Å²) in [6.45, 7) is 2.63. The summed E-state index contributed by atoms with van der Waals surface area (Å²) in [4.78, 5) is 12.3. The second-order valence-electron chi connectivity index (χ2n) is 6.41. The number of hydrogen-bond acceptors (Lipinski definition) is 5. The fourth-order valence-electron chi connectivity index (χ4n) is 2.88. The number of rotatable bonds is 7. The quantitative estimate of drug-likeness (QED) is 0.717. The van der Waals surface area contributed by atoms with E-state index >= 15 is 0 Å². The lowest BCUT2D eigenvalue weighted by Gasteiger charge is -2.22. The number of nitrogens with one attached hydrogen (secondary N) is 2. The summed E-state index contributed by atoms with van der Waals surface area (Å²) in [5, 5.41) is 6.23. The van der Waals surface area contributed by atoms with Crippen molar-refractivity contribution in [2.75, 3.05) is 40.8 Å². The van der Waals surface area contributed by atoms with E-state index in [4.69, 9.17) is 4.74 Å². The van der Waals surface area contributed by atoms with Crippen LogP contribution in [0.5, 0.6) is 5.75 Å². The van der Waals surface area contributed by atoms with Crippen LogP contribution in [0.1, 0.15) is 29.6 Å². The van der Waals surface area contributed by atoms with Crippen molar-refractivity contribution in [3.63, 3.8) is 0 Å². The summed E-state index contributed by atoms with van der Waals surface area (Å²) < 4.78 is 31.1. The molecule has 0 saturated carbocycles. The van der Waals surface area contributed by atoms with E-state index in [0.29, 0.717) is 18.0 Å². The lowest BCUT2D eigenvalue weighted by molar-refractivity contribution is 0.0950. The van der Waals surface area contributed by atoms with E-state index in [-0.39, 0.29) is 29.0 Å². The number of amides is 1. The highest BCUT2D eigenvalue weighted by molar-refractivity contribution is 7.89. The minimum absolute atomic E-state index is 0. The SMILES string of the molecule is COc1ccc(C(=O)NCCC2CCCNC2)cc1S(=O)(=O)N(C)C.Cl. The van der Waals surface area contributed by atoms with Crippen molar-refractivity contribution in [3.05, 3.63) is 23.8 Å². The zero-order valence-corrected chi connectivity index (χ0v) is 17.1. The van der Waals surface area contributed by atoms with E-state index in [1.54, 1.807) is 6.07 Å². The first-order valence-electron chi connectivity index (χ1n) is 8.45. The fourth-order valence-corrected chi connectivity index (χ4v) is 3.95. The summed E-state index contributed by atoms with van der Waals surface area (Å²) in [6, 6.07) is 4.45. The molecular weight excluding hydrogens is 378 g/mol. The van der Waals surface area contributed by atoms with Crippen LogP contribution in [-0.4, -0.2) is 59.5 Å². The van der Waals surface area contributed by atoms with Gasteiger partial charge in [0.25, 0.3) is 5.91 Å². The summed E-state index contributed by atoms with van der Waals surface area (Å²) in [6.07, 6.45) is 3.26. The molecule has 0 aliphatic carbocycles. The minimum atomic E-state index is -3.69. The van der Waals surface area contributed by atoms with Crippen LogP contribution in [0.4, 0.5) is 0 Å². The van der Waals surface area contributed by atoms with Gasteiger partial charge in [-0.3, -0.25) is 4.79 Å². The lowest BCUT2D eigenvalue weighted by Crippen LogP contribution is -2.33. The Kier molecular flexibility index (Phi) is 8.82. The van der Waals surface area contributed by atoms with Crippen molar-refractivity contribution >= 4 is 28.3 Å². The molecule has 2 rings (SSSR count). The largest absolute Gasteiger partial charge is 0.495 e. The third kappa shape index (κ3) is 5.57. The number of halogens is 1. The molecule has 1 atom stereocenters. The van der Waals surface area contributed by atoms with Crippen molar-refractivity contribution < 1.29 is 17.9 Å². The van der Waals surface area contributed by atoms with Crippen molar-refractivity contribution in [1.82, 2.24) is 14.9 Å². The monoisotopic (exact) mass is 405 g/mol. The normalized spacial score (nSPS) is 17.5. The molecule has 26 heavy (non-hydrogen) atoms. The molecular formula is C17H28ClN3O4S. The summed E-state index contributed by atoms with van der Waals surface area (Å²) >= 11 is 0. The summed E-state index contributed by atoms with van der Waals surface area (Å²) in [5.41, 5.74) is 0.308. The second-order valence-corrected chi connectivity index (χ2v) is 8.53. The molecule has 0 aromatic heterocycles. The topological polar surface area (TPSA) is 87.7 Å². The maximum atomic E-state index is 12.4. The molecule has 1 aromatic rings. The van der Waals surface area contributed by atoms with Crippen molar-refractivity contribution in [2.24, 2.45) is 5.92 Å². The Morgan fingerprint density at radius 2 is 2.12 bits per heavy atom. The Morgan fingerprint density at radius 1 is 1.38 bits per heavy atom. The number of ether oxygens (including phenoxy) is 1. The number of hydrogen-bond donors (Lipinski definition) is 2. The molecule has 1 aromatic carbocycles. The average Bonchev–Trinajstić information content (AvgIpc) is 2.61. The van der Waals surface area contributed by atoms with Crippen molar-refractivity contribution in [3.8, 4) is 5.75 Å². The van der Waals surface area contributed by atoms with Crippen LogP contribution in [0.25, 0.3) is 0 Å². The first-order valence-corrected chi connectivity index (χ1v) is 9.89. The van der Waals surface area contributed by atoms with Gasteiger partial charge in [-0.05, 0) is 56.5 Å². The molecule has 1 unspecified atom stereocenters. The van der Waals surface area contributed by atoms with E-state index in [1.165, 1.54) is 46.2 Å². The van der Waals surface area contributed by atoms with Gasteiger partial charge in [-0.1, -0.05) is 0 Å². The highest BCUT2D eigenvalue weighted by Crippen LogP contribution is 2.26. The molecule has 0 bridgehead atoms. The fraction of sp³-hybridized carbons (Fsp3) is 0.588. The Labute approximate surface area is 161 Å². The number of carbonyl (C=O) groups is 1. The average molecular weight is 406 g/mol. The van der Waals surface area contributed by atoms with Crippen molar-refractivity contribution in [2.45, 2.75) is 24.2 Å². The molecule has 1 heterocycles. The van der Waals surface area contributed by atoms with Gasteiger partial charge in [-0.15, -0.1) is 12.4 Å². The van der Waals surface area contributed by atoms with Gasteiger partial charge in [0, 0.05) is 26.2 Å². The van der Waals surface area contributed by atoms with E-state index in [0.717, 1.165) is 23.8 Å². The third-order valence-electron chi connectivity index (χ3n) is 4.42. The highest BCUT2D eigenvalue weighted by Gasteiger charge is 2.24. The smallest absolute Gasteiger partial charge is 0.251 e. The summed E-state index contributed by atoms with van der Waals surface area (Å²) in [5.74, 6) is 0.523. The van der Waals surface area contributed by atoms with Gasteiger partial charge in [-0.25, -0.2) is 12.7 Å². The Hall–Kier alpha value is -1.35. The predicted molar refractivity (Wildman–Crippen MR) is 104 cm³/mol. The van der Waals surface area contributed by atoms with Crippen LogP contribution in [0.15, 0.2) is 23.1 Å². The maximum Gasteiger partial charge on any atom is 0.251 e. The standard InChI is InChI=1S/C17H27N3O4S.ClH/c1-20(2)25(22,23)16-11-14(6-7-15(16)24-3)17(21)19-10-8-13-5-4-9-18-12-13;/h6-7,11,13,18H,4-5,8-10,12H2,1-3H3,(H,19,21);1H. The van der Waals surface area contributed by atoms with Gasteiger partial charge in [-0.2, -0.15) is 0 Å². The zero-order chi connectivity index (χ0) is 18.4. The number of sulfonamides is 1. The van der Waals surface area contributed by atoms with Crippen LogP contribution >= 0.6 is 12.4 Å². The number of benzene rings is 1. The van der Waals surface area contributed by atoms with Gasteiger partial charge in [0.05, 0.1) is 7.11 Å². The van der Waals surface area contributed by atoms with Crippen molar-refractivity contribution in [1.29, 1.82) is 0 Å². The predicted octanol–water partition coefficient (Wildman–Crippen LogP) is 1.49. The number of methoxy groups -OCH3 is 1. The lowest BCUT2D eigenvalue weighted by atomic mass is 9.96. The van der Waals surface area contributed by atoms with E-state index in [1.807, 2.05) is 0 Å². The van der Waals surface area contributed by atoms with Gasteiger partial charge in [0.1, 0.15) is 10.6 Å². The van der Waals surface area contributed by atoms with Gasteiger partial charge in [0.15, 0.2) is 0 Å². The second kappa shape index (κ2) is 10.1. The van der Waals surface area contributed by atoms with Crippen LogP contribution in [0, 0.1) is 5.92 Å². The summed E-state index contributed by atoms with van der Waals surface area (Å²) in [7, 11) is 0.600. The molecule has 148 valence electrons. The van der Waals surface area contributed by atoms with E-state index in [2.05, 4.69) is 10.6 Å². The minimum Gasteiger partial charge on any atom is -0.495 e. The molecule has 1 aliphatic heterocycles. The van der Waals surface area contributed by atoms with Crippen LogP contribution in [0.3, 0.4) is 0 Å². The maximum absolute atomic E-state index is 12.4. The van der Waals surface area contributed by atoms with Gasteiger partial charge < -0.3 is 15.4 Å². The zero-order valence-electron chi connectivity index (χ0n) is 15.4. The van der Waals surface area contributed by atoms with Gasteiger partial charge >= 0.3 is 0 Å².